The van der Waals surface area contributed by atoms with Gasteiger partial charge in [-0.1, -0.05) is 27.2 Å². The van der Waals surface area contributed by atoms with E-state index in [1.54, 1.807) is 0 Å². The van der Waals surface area contributed by atoms with Crippen LogP contribution in [-0.4, -0.2) is 47.9 Å². The molecule has 0 spiro atoms. The van der Waals surface area contributed by atoms with Crippen LogP contribution in [0.5, 0.6) is 0 Å². The Labute approximate surface area is 119 Å². The summed E-state index contributed by atoms with van der Waals surface area (Å²) in [5.74, 6) is 0.981. The smallest absolute Gasteiger partial charge is 0.236 e. The van der Waals surface area contributed by atoms with Crippen LogP contribution in [0.3, 0.4) is 0 Å². The van der Waals surface area contributed by atoms with Gasteiger partial charge in [-0.2, -0.15) is 0 Å². The SMILES string of the molecule is CCCN(C(=O)CN1CCCCC1)[C@H](C)CC(C)C. The summed E-state index contributed by atoms with van der Waals surface area (Å²) in [6.07, 6.45) is 5.98. The van der Waals surface area contributed by atoms with Gasteiger partial charge in [0.25, 0.3) is 0 Å². The number of nitrogens with zero attached hydrogens (tertiary/aromatic N) is 2. The van der Waals surface area contributed by atoms with Gasteiger partial charge in [-0.15, -0.1) is 0 Å². The Bertz CT molecular complexity index is 259. The van der Waals surface area contributed by atoms with Crippen molar-refractivity contribution in [3.8, 4) is 0 Å². The molecule has 0 bridgehead atoms. The normalized spacial score (nSPS) is 18.6. The number of hydrogen-bond acceptors (Lipinski definition) is 2. The highest BCUT2D eigenvalue weighted by Gasteiger charge is 2.22. The van der Waals surface area contributed by atoms with Crippen molar-refractivity contribution in [3.05, 3.63) is 0 Å². The monoisotopic (exact) mass is 268 g/mol. The van der Waals surface area contributed by atoms with Gasteiger partial charge in [0.2, 0.25) is 5.91 Å². The molecule has 1 heterocycles. The summed E-state index contributed by atoms with van der Waals surface area (Å²) >= 11 is 0. The van der Waals surface area contributed by atoms with Crippen LogP contribution in [0.1, 0.15) is 59.8 Å². The minimum atomic E-state index is 0.330. The van der Waals surface area contributed by atoms with E-state index in [4.69, 9.17) is 0 Å². The predicted molar refractivity (Wildman–Crippen MR) is 81.2 cm³/mol. The maximum atomic E-state index is 12.5. The van der Waals surface area contributed by atoms with E-state index in [2.05, 4.69) is 37.5 Å². The molecule has 1 saturated heterocycles. The van der Waals surface area contributed by atoms with Crippen LogP contribution in [0.4, 0.5) is 0 Å². The molecule has 1 fully saturated rings. The molecule has 112 valence electrons. The molecule has 1 aliphatic rings. The van der Waals surface area contributed by atoms with Crippen LogP contribution in [0, 0.1) is 5.92 Å². The van der Waals surface area contributed by atoms with Gasteiger partial charge in [0.1, 0.15) is 0 Å². The lowest BCUT2D eigenvalue weighted by molar-refractivity contribution is -0.135. The van der Waals surface area contributed by atoms with Gasteiger partial charge in [-0.3, -0.25) is 9.69 Å². The standard InChI is InChI=1S/C16H32N2O/c1-5-9-18(15(4)12-14(2)3)16(19)13-17-10-7-6-8-11-17/h14-15H,5-13H2,1-4H3/t15-/m1/s1. The molecule has 0 unspecified atom stereocenters. The fourth-order valence-corrected chi connectivity index (χ4v) is 3.04. The summed E-state index contributed by atoms with van der Waals surface area (Å²) in [4.78, 5) is 16.9. The van der Waals surface area contributed by atoms with E-state index in [-0.39, 0.29) is 0 Å². The van der Waals surface area contributed by atoms with Gasteiger partial charge in [0, 0.05) is 12.6 Å². The van der Waals surface area contributed by atoms with E-state index < -0.39 is 0 Å². The first-order chi connectivity index (χ1) is 9.04. The van der Waals surface area contributed by atoms with E-state index in [0.29, 0.717) is 24.4 Å². The van der Waals surface area contributed by atoms with Crippen molar-refractivity contribution in [2.24, 2.45) is 5.92 Å². The number of rotatable bonds is 7. The number of amides is 1. The molecule has 0 radical (unpaired) electrons. The van der Waals surface area contributed by atoms with Gasteiger partial charge in [0.15, 0.2) is 0 Å². The van der Waals surface area contributed by atoms with Crippen molar-refractivity contribution in [3.63, 3.8) is 0 Å². The Hall–Kier alpha value is -0.570. The molecule has 1 atom stereocenters. The van der Waals surface area contributed by atoms with E-state index >= 15 is 0 Å². The average Bonchev–Trinajstić information content (AvgIpc) is 2.36. The van der Waals surface area contributed by atoms with Crippen LogP contribution in [0.15, 0.2) is 0 Å². The zero-order chi connectivity index (χ0) is 14.3. The Balaban J connectivity index is 2.50. The molecule has 0 N–H and O–H groups in total. The first-order valence-corrected chi connectivity index (χ1v) is 8.06. The van der Waals surface area contributed by atoms with Gasteiger partial charge in [0.05, 0.1) is 6.54 Å². The second-order valence-electron chi connectivity index (χ2n) is 6.40. The van der Waals surface area contributed by atoms with Crippen LogP contribution in [0.25, 0.3) is 0 Å². The molecule has 1 amide bonds. The Morgan fingerprint density at radius 3 is 2.32 bits per heavy atom. The average molecular weight is 268 g/mol. The molecule has 1 rings (SSSR count). The molecule has 0 saturated carbocycles. The van der Waals surface area contributed by atoms with Gasteiger partial charge in [-0.25, -0.2) is 0 Å². The van der Waals surface area contributed by atoms with Crippen LogP contribution >= 0.6 is 0 Å². The second kappa shape index (κ2) is 8.57. The molecule has 3 heteroatoms. The summed E-state index contributed by atoms with van der Waals surface area (Å²) in [5, 5.41) is 0. The van der Waals surface area contributed by atoms with Gasteiger partial charge >= 0.3 is 0 Å². The quantitative estimate of drug-likeness (QED) is 0.708. The fraction of sp³-hybridized carbons (Fsp3) is 0.938. The lowest BCUT2D eigenvalue weighted by Gasteiger charge is -2.33. The number of carbonyl (C=O) groups is 1. The topological polar surface area (TPSA) is 23.6 Å². The maximum absolute atomic E-state index is 12.5. The minimum Gasteiger partial charge on any atom is -0.339 e. The van der Waals surface area contributed by atoms with Crippen molar-refractivity contribution in [1.29, 1.82) is 0 Å². The zero-order valence-electron chi connectivity index (χ0n) is 13.3. The second-order valence-corrected chi connectivity index (χ2v) is 6.40. The number of hydrogen-bond donors (Lipinski definition) is 0. The Kier molecular flexibility index (Phi) is 7.44. The summed E-state index contributed by atoms with van der Waals surface area (Å²) in [6.45, 7) is 12.6. The number of piperidine rings is 1. The van der Waals surface area contributed by atoms with Crippen molar-refractivity contribution in [2.45, 2.75) is 65.8 Å². The molecule has 0 aromatic carbocycles. The lowest BCUT2D eigenvalue weighted by Crippen LogP contribution is -2.46. The third-order valence-electron chi connectivity index (χ3n) is 3.94. The van der Waals surface area contributed by atoms with Gasteiger partial charge < -0.3 is 4.90 Å². The lowest BCUT2D eigenvalue weighted by atomic mass is 10.0. The third kappa shape index (κ3) is 5.94. The molecule has 0 aromatic heterocycles. The van der Waals surface area contributed by atoms with E-state index in [9.17, 15) is 4.79 Å². The van der Waals surface area contributed by atoms with E-state index in [0.717, 1.165) is 32.5 Å². The van der Waals surface area contributed by atoms with Crippen molar-refractivity contribution in [2.75, 3.05) is 26.2 Å². The predicted octanol–water partition coefficient (Wildman–Crippen LogP) is 3.15. The maximum Gasteiger partial charge on any atom is 0.236 e. The van der Waals surface area contributed by atoms with Crippen LogP contribution in [-0.2, 0) is 4.79 Å². The van der Waals surface area contributed by atoms with E-state index in [1.165, 1.54) is 19.3 Å². The Morgan fingerprint density at radius 2 is 1.79 bits per heavy atom. The van der Waals surface area contributed by atoms with Crippen LogP contribution in [0.2, 0.25) is 0 Å². The minimum absolute atomic E-state index is 0.330. The van der Waals surface area contributed by atoms with Crippen LogP contribution < -0.4 is 0 Å². The molecule has 1 aliphatic heterocycles. The van der Waals surface area contributed by atoms with Crippen molar-refractivity contribution >= 4 is 5.91 Å². The Morgan fingerprint density at radius 1 is 1.16 bits per heavy atom. The van der Waals surface area contributed by atoms with E-state index in [1.807, 2.05) is 0 Å². The third-order valence-corrected chi connectivity index (χ3v) is 3.94. The molecule has 3 nitrogen and oxygen atoms in total. The zero-order valence-corrected chi connectivity index (χ0v) is 13.3. The summed E-state index contributed by atoms with van der Waals surface area (Å²) in [5.41, 5.74) is 0. The molecule has 19 heavy (non-hydrogen) atoms. The highest BCUT2D eigenvalue weighted by atomic mass is 16.2. The molecular formula is C16H32N2O. The summed E-state index contributed by atoms with van der Waals surface area (Å²) in [7, 11) is 0. The number of carbonyl (C=O) groups excluding carboxylic acids is 1. The first kappa shape index (κ1) is 16.5. The van der Waals surface area contributed by atoms with Crippen molar-refractivity contribution in [1.82, 2.24) is 9.80 Å². The highest BCUT2D eigenvalue weighted by molar-refractivity contribution is 5.78. The molecule has 0 aliphatic carbocycles. The summed E-state index contributed by atoms with van der Waals surface area (Å²) in [6, 6.07) is 0.372. The molecule has 0 aromatic rings. The summed E-state index contributed by atoms with van der Waals surface area (Å²) < 4.78 is 0. The largest absolute Gasteiger partial charge is 0.339 e. The fourth-order valence-electron chi connectivity index (χ4n) is 3.04. The molecular weight excluding hydrogens is 236 g/mol. The first-order valence-electron chi connectivity index (χ1n) is 8.06. The number of likely N-dealkylation sites (tertiary alicyclic amines) is 1. The van der Waals surface area contributed by atoms with Crippen molar-refractivity contribution < 1.29 is 4.79 Å². The highest BCUT2D eigenvalue weighted by Crippen LogP contribution is 2.14. The van der Waals surface area contributed by atoms with Gasteiger partial charge in [-0.05, 0) is 51.6 Å².